The fourth-order valence-electron chi connectivity index (χ4n) is 2.74. The summed E-state index contributed by atoms with van der Waals surface area (Å²) in [5, 5.41) is 0. The Kier molecular flexibility index (Phi) is 6.90. The van der Waals surface area contributed by atoms with Crippen molar-refractivity contribution in [3.8, 4) is 0 Å². The van der Waals surface area contributed by atoms with Gasteiger partial charge in [0.05, 0.1) is 31.0 Å². The first-order valence-electron chi connectivity index (χ1n) is 9.33. The molecule has 0 bridgehead atoms. The van der Waals surface area contributed by atoms with Crippen LogP contribution in [-0.4, -0.2) is 36.1 Å². The Balaban J connectivity index is 1.74. The highest BCUT2D eigenvalue weighted by Crippen LogP contribution is 2.12. The summed E-state index contributed by atoms with van der Waals surface area (Å²) in [5.41, 5.74) is 3.22. The molecular formula is C24H20N2O5. The van der Waals surface area contributed by atoms with E-state index < -0.39 is 17.6 Å². The van der Waals surface area contributed by atoms with Crippen molar-refractivity contribution >= 4 is 36.2 Å². The van der Waals surface area contributed by atoms with E-state index in [4.69, 9.17) is 0 Å². The van der Waals surface area contributed by atoms with Crippen molar-refractivity contribution in [2.45, 2.75) is 0 Å². The fourth-order valence-corrected chi connectivity index (χ4v) is 2.74. The second-order valence-electron chi connectivity index (χ2n) is 6.46. The van der Waals surface area contributed by atoms with Gasteiger partial charge in [0, 0.05) is 5.69 Å². The molecule has 1 aromatic heterocycles. The number of benzene rings is 2. The first-order chi connectivity index (χ1) is 15.0. The van der Waals surface area contributed by atoms with Gasteiger partial charge in [-0.15, -0.1) is 0 Å². The molecule has 3 rings (SSSR count). The quantitative estimate of drug-likeness (QED) is 0.616. The first kappa shape index (κ1) is 21.4. The molecule has 0 fully saturated rings. The maximum atomic E-state index is 11.9. The lowest BCUT2D eigenvalue weighted by atomic mass is 10.1. The number of esters is 2. The number of methoxy groups -OCH3 is 2. The lowest BCUT2D eigenvalue weighted by Gasteiger charge is -2.00. The summed E-state index contributed by atoms with van der Waals surface area (Å²) in [6, 6.07) is 15.5. The van der Waals surface area contributed by atoms with E-state index in [0.29, 0.717) is 22.5 Å². The molecule has 0 aliphatic carbocycles. The molecule has 31 heavy (non-hydrogen) atoms. The van der Waals surface area contributed by atoms with Crippen LogP contribution in [0.25, 0.3) is 24.3 Å². The number of carbonyl (C=O) groups is 2. The average Bonchev–Trinajstić information content (AvgIpc) is 2.80. The molecule has 0 saturated carbocycles. The van der Waals surface area contributed by atoms with E-state index in [9.17, 15) is 14.4 Å². The Morgan fingerprint density at radius 2 is 1.26 bits per heavy atom. The normalized spacial score (nSPS) is 11.0. The van der Waals surface area contributed by atoms with Crippen LogP contribution in [0.1, 0.15) is 43.2 Å². The topological polar surface area (TPSA) is 98.4 Å². The Labute approximate surface area is 178 Å². The standard InChI is InChI=1S/C24H20N2O5/c1-30-22(27)18-9-3-16(4-10-18)7-13-20-15-21(26-24(29)25-20)14-8-17-5-11-19(12-6-17)23(28)31-2/h3-15H,1-2H3,(H,25,26,29). The monoisotopic (exact) mass is 416 g/mol. The number of aromatic amines is 1. The van der Waals surface area contributed by atoms with Crippen LogP contribution in [0.4, 0.5) is 0 Å². The highest BCUT2D eigenvalue weighted by molar-refractivity contribution is 5.90. The van der Waals surface area contributed by atoms with Crippen LogP contribution >= 0.6 is 0 Å². The zero-order valence-electron chi connectivity index (χ0n) is 17.0. The Morgan fingerprint density at radius 1 is 0.774 bits per heavy atom. The molecule has 0 aliphatic rings. The van der Waals surface area contributed by atoms with Gasteiger partial charge < -0.3 is 14.5 Å². The van der Waals surface area contributed by atoms with Crippen molar-refractivity contribution in [2.24, 2.45) is 0 Å². The molecule has 0 spiro atoms. The van der Waals surface area contributed by atoms with Gasteiger partial charge in [0.25, 0.3) is 0 Å². The van der Waals surface area contributed by atoms with Crippen LogP contribution in [0, 0.1) is 0 Å². The third-order valence-electron chi connectivity index (χ3n) is 4.35. The summed E-state index contributed by atoms with van der Waals surface area (Å²) < 4.78 is 9.35. The van der Waals surface area contributed by atoms with Crippen LogP contribution in [-0.2, 0) is 9.47 Å². The number of H-pyrrole nitrogens is 1. The average molecular weight is 416 g/mol. The molecule has 7 heteroatoms. The van der Waals surface area contributed by atoms with Crippen molar-refractivity contribution in [3.63, 3.8) is 0 Å². The van der Waals surface area contributed by atoms with E-state index in [-0.39, 0.29) is 0 Å². The molecule has 0 radical (unpaired) electrons. The lowest BCUT2D eigenvalue weighted by Crippen LogP contribution is -2.12. The van der Waals surface area contributed by atoms with Gasteiger partial charge in [0.2, 0.25) is 0 Å². The smallest absolute Gasteiger partial charge is 0.345 e. The first-order valence-corrected chi connectivity index (χ1v) is 9.33. The highest BCUT2D eigenvalue weighted by atomic mass is 16.5. The Morgan fingerprint density at radius 3 is 1.74 bits per heavy atom. The molecule has 1 heterocycles. The number of nitrogens with one attached hydrogen (secondary N) is 1. The largest absolute Gasteiger partial charge is 0.465 e. The van der Waals surface area contributed by atoms with Gasteiger partial charge in [-0.25, -0.2) is 14.4 Å². The zero-order chi connectivity index (χ0) is 22.2. The van der Waals surface area contributed by atoms with Crippen molar-refractivity contribution in [2.75, 3.05) is 14.2 Å². The molecule has 1 N–H and O–H groups in total. The van der Waals surface area contributed by atoms with E-state index in [2.05, 4.69) is 19.4 Å². The minimum Gasteiger partial charge on any atom is -0.465 e. The van der Waals surface area contributed by atoms with Gasteiger partial charge in [-0.1, -0.05) is 36.4 Å². The molecule has 0 atom stereocenters. The zero-order valence-corrected chi connectivity index (χ0v) is 17.0. The second-order valence-corrected chi connectivity index (χ2v) is 6.46. The SMILES string of the molecule is COC(=O)c1ccc(C=Cc2cc(C=Cc3ccc(C(=O)OC)cc3)[nH]c(=O)n2)cc1. The maximum absolute atomic E-state index is 11.9. The van der Waals surface area contributed by atoms with Crippen LogP contribution in [0.3, 0.4) is 0 Å². The van der Waals surface area contributed by atoms with Gasteiger partial charge in [-0.3, -0.25) is 0 Å². The number of nitrogens with zero attached hydrogens (tertiary/aromatic N) is 1. The summed E-state index contributed by atoms with van der Waals surface area (Å²) in [5.74, 6) is -0.798. The van der Waals surface area contributed by atoms with Crippen LogP contribution in [0.2, 0.25) is 0 Å². The van der Waals surface area contributed by atoms with Gasteiger partial charge in [0.15, 0.2) is 0 Å². The number of carbonyl (C=O) groups excluding carboxylic acids is 2. The molecule has 156 valence electrons. The van der Waals surface area contributed by atoms with Gasteiger partial charge in [-0.2, -0.15) is 4.98 Å². The van der Waals surface area contributed by atoms with E-state index in [1.54, 1.807) is 72.8 Å². The van der Waals surface area contributed by atoms with Crippen molar-refractivity contribution in [3.05, 3.63) is 98.7 Å². The maximum Gasteiger partial charge on any atom is 0.345 e. The third-order valence-corrected chi connectivity index (χ3v) is 4.35. The summed E-state index contributed by atoms with van der Waals surface area (Å²) in [6.07, 6.45) is 7.07. The minimum absolute atomic E-state index is 0.398. The summed E-state index contributed by atoms with van der Waals surface area (Å²) in [6.45, 7) is 0. The molecule has 0 saturated heterocycles. The van der Waals surface area contributed by atoms with Crippen molar-refractivity contribution in [1.29, 1.82) is 0 Å². The molecule has 7 nitrogen and oxygen atoms in total. The van der Waals surface area contributed by atoms with Gasteiger partial charge in [-0.05, 0) is 53.6 Å². The molecular weight excluding hydrogens is 396 g/mol. The molecule has 0 aliphatic heterocycles. The molecule has 0 amide bonds. The minimum atomic E-state index is -0.469. The Bertz CT molecular complexity index is 1100. The summed E-state index contributed by atoms with van der Waals surface area (Å²) in [7, 11) is 2.66. The summed E-state index contributed by atoms with van der Waals surface area (Å²) >= 11 is 0. The molecule has 3 aromatic rings. The van der Waals surface area contributed by atoms with E-state index in [1.807, 2.05) is 6.08 Å². The Hall–Kier alpha value is -4.26. The molecule has 0 unspecified atom stereocenters. The van der Waals surface area contributed by atoms with Crippen LogP contribution in [0.15, 0.2) is 59.4 Å². The lowest BCUT2D eigenvalue weighted by molar-refractivity contribution is 0.0592. The fraction of sp³-hybridized carbons (Fsp3) is 0.0833. The van der Waals surface area contributed by atoms with E-state index in [1.165, 1.54) is 14.2 Å². The predicted octanol–water partition coefficient (Wildman–Crippen LogP) is 3.68. The van der Waals surface area contributed by atoms with Gasteiger partial charge >= 0.3 is 17.6 Å². The predicted molar refractivity (Wildman–Crippen MR) is 118 cm³/mol. The van der Waals surface area contributed by atoms with Crippen molar-refractivity contribution in [1.82, 2.24) is 9.97 Å². The number of ether oxygens (including phenoxy) is 2. The van der Waals surface area contributed by atoms with Crippen molar-refractivity contribution < 1.29 is 19.1 Å². The number of hydrogen-bond acceptors (Lipinski definition) is 6. The summed E-state index contributed by atoms with van der Waals surface area (Å²) in [4.78, 5) is 41.5. The highest BCUT2D eigenvalue weighted by Gasteiger charge is 2.04. The molecule has 2 aromatic carbocycles. The number of hydrogen-bond donors (Lipinski definition) is 1. The van der Waals surface area contributed by atoms with E-state index in [0.717, 1.165) is 11.1 Å². The van der Waals surface area contributed by atoms with Gasteiger partial charge in [0.1, 0.15) is 0 Å². The van der Waals surface area contributed by atoms with Crippen LogP contribution in [0.5, 0.6) is 0 Å². The second kappa shape index (κ2) is 9.98. The van der Waals surface area contributed by atoms with E-state index >= 15 is 0 Å². The third kappa shape index (κ3) is 5.86. The van der Waals surface area contributed by atoms with Crippen LogP contribution < -0.4 is 5.69 Å². The number of aromatic nitrogens is 2. The number of rotatable bonds is 6.